The number of hydrogen-bond donors (Lipinski definition) is 1. The largest absolute Gasteiger partial charge is 0.352 e. The third kappa shape index (κ3) is 6.52. The number of amides is 1. The van der Waals surface area contributed by atoms with Crippen molar-refractivity contribution in [3.05, 3.63) is 69.8 Å². The molecule has 0 heterocycles. The molecule has 0 aliphatic rings. The molecule has 1 N–H and O–H groups in total. The van der Waals surface area contributed by atoms with Crippen LogP contribution < -0.4 is 9.62 Å². The zero-order valence-corrected chi connectivity index (χ0v) is 19.3. The standard InChI is InChI=1S/C22H29N3O5S/c1-16-11-12-19(25(27)28)13-20(16)24(31(5,29)30)15-21(26)23-17(2)14-22(3,4)18-9-7-6-8-10-18/h6-13,17H,14-15H2,1-5H3,(H,23,26). The van der Waals surface area contributed by atoms with Gasteiger partial charge in [0, 0.05) is 18.2 Å². The van der Waals surface area contributed by atoms with Crippen molar-refractivity contribution in [3.8, 4) is 0 Å². The SMILES string of the molecule is Cc1ccc([N+](=O)[O-])cc1N(CC(=O)NC(C)CC(C)(C)c1ccccc1)S(C)(=O)=O. The maximum atomic E-state index is 12.7. The highest BCUT2D eigenvalue weighted by Gasteiger charge is 2.27. The second-order valence-electron chi connectivity index (χ2n) is 8.42. The normalized spacial score (nSPS) is 12.8. The van der Waals surface area contributed by atoms with Gasteiger partial charge in [-0.15, -0.1) is 0 Å². The number of nitrogens with one attached hydrogen (secondary N) is 1. The van der Waals surface area contributed by atoms with Crippen molar-refractivity contribution >= 4 is 27.3 Å². The zero-order chi connectivity index (χ0) is 23.4. The molecule has 0 aliphatic heterocycles. The molecule has 0 bridgehead atoms. The molecule has 0 spiro atoms. The van der Waals surface area contributed by atoms with Crippen LogP contribution in [0.2, 0.25) is 0 Å². The third-order valence-electron chi connectivity index (χ3n) is 5.14. The Morgan fingerprint density at radius 1 is 1.19 bits per heavy atom. The van der Waals surface area contributed by atoms with Crippen LogP contribution in [0.15, 0.2) is 48.5 Å². The molecule has 0 aromatic heterocycles. The molecule has 9 heteroatoms. The van der Waals surface area contributed by atoms with Crippen LogP contribution in [0.5, 0.6) is 0 Å². The Morgan fingerprint density at radius 2 is 1.81 bits per heavy atom. The first kappa shape index (κ1) is 24.3. The van der Waals surface area contributed by atoms with Gasteiger partial charge in [-0.1, -0.05) is 50.2 Å². The lowest BCUT2D eigenvalue weighted by molar-refractivity contribution is -0.384. The lowest BCUT2D eigenvalue weighted by Gasteiger charge is -2.30. The van der Waals surface area contributed by atoms with Gasteiger partial charge in [0.05, 0.1) is 16.9 Å². The van der Waals surface area contributed by atoms with Crippen LogP contribution >= 0.6 is 0 Å². The van der Waals surface area contributed by atoms with Crippen molar-refractivity contribution in [1.29, 1.82) is 0 Å². The number of carbonyl (C=O) groups is 1. The molecular weight excluding hydrogens is 418 g/mol. The van der Waals surface area contributed by atoms with Crippen molar-refractivity contribution in [2.24, 2.45) is 0 Å². The number of sulfonamides is 1. The minimum absolute atomic E-state index is 0.115. The average molecular weight is 448 g/mol. The number of aryl methyl sites for hydroxylation is 1. The van der Waals surface area contributed by atoms with Gasteiger partial charge < -0.3 is 5.32 Å². The zero-order valence-electron chi connectivity index (χ0n) is 18.5. The Balaban J connectivity index is 2.17. The molecule has 0 radical (unpaired) electrons. The van der Waals surface area contributed by atoms with Crippen LogP contribution in [0.3, 0.4) is 0 Å². The molecular formula is C22H29N3O5S. The molecule has 0 fully saturated rings. The van der Waals surface area contributed by atoms with Crippen LogP contribution in [0, 0.1) is 17.0 Å². The Morgan fingerprint density at radius 3 is 2.35 bits per heavy atom. The number of non-ortho nitro benzene ring substituents is 1. The van der Waals surface area contributed by atoms with E-state index >= 15 is 0 Å². The predicted octanol–water partition coefficient (Wildman–Crippen LogP) is 3.54. The fourth-order valence-corrected chi connectivity index (χ4v) is 4.54. The molecule has 8 nitrogen and oxygen atoms in total. The fourth-order valence-electron chi connectivity index (χ4n) is 3.64. The maximum absolute atomic E-state index is 12.7. The molecule has 1 unspecified atom stereocenters. The number of rotatable bonds is 9. The lowest BCUT2D eigenvalue weighted by atomic mass is 9.79. The summed E-state index contributed by atoms with van der Waals surface area (Å²) in [5, 5.41) is 14.0. The van der Waals surface area contributed by atoms with E-state index in [2.05, 4.69) is 19.2 Å². The summed E-state index contributed by atoms with van der Waals surface area (Å²) in [5.41, 5.74) is 1.33. The quantitative estimate of drug-likeness (QED) is 0.467. The first-order valence-electron chi connectivity index (χ1n) is 9.89. The second-order valence-corrected chi connectivity index (χ2v) is 10.3. The Hall–Kier alpha value is -2.94. The fraction of sp³-hybridized carbons (Fsp3) is 0.409. The minimum atomic E-state index is -3.84. The van der Waals surface area contributed by atoms with E-state index in [1.165, 1.54) is 18.2 Å². The Kier molecular flexibility index (Phi) is 7.43. The first-order valence-corrected chi connectivity index (χ1v) is 11.7. The van der Waals surface area contributed by atoms with Crippen LogP contribution in [-0.4, -0.2) is 38.1 Å². The molecule has 0 aliphatic carbocycles. The van der Waals surface area contributed by atoms with Gasteiger partial charge in [-0.3, -0.25) is 19.2 Å². The molecule has 0 saturated heterocycles. The number of nitro benzene ring substituents is 1. The minimum Gasteiger partial charge on any atom is -0.352 e. The van der Waals surface area contributed by atoms with Gasteiger partial charge >= 0.3 is 0 Å². The van der Waals surface area contributed by atoms with Crippen molar-refractivity contribution in [3.63, 3.8) is 0 Å². The first-order chi connectivity index (χ1) is 14.3. The summed E-state index contributed by atoms with van der Waals surface area (Å²) in [7, 11) is -3.84. The molecule has 1 amide bonds. The van der Waals surface area contributed by atoms with Crippen molar-refractivity contribution < 1.29 is 18.1 Å². The van der Waals surface area contributed by atoms with Crippen molar-refractivity contribution in [2.75, 3.05) is 17.1 Å². The van der Waals surface area contributed by atoms with Gasteiger partial charge in [0.25, 0.3) is 5.69 Å². The van der Waals surface area contributed by atoms with Gasteiger partial charge in [-0.2, -0.15) is 0 Å². The molecule has 2 aromatic rings. The average Bonchev–Trinajstić information content (AvgIpc) is 2.66. The summed E-state index contributed by atoms with van der Waals surface area (Å²) in [5.74, 6) is -0.479. The van der Waals surface area contributed by atoms with Crippen LogP contribution in [0.4, 0.5) is 11.4 Å². The molecule has 2 aromatic carbocycles. The van der Waals surface area contributed by atoms with E-state index in [0.29, 0.717) is 12.0 Å². The summed E-state index contributed by atoms with van der Waals surface area (Å²) in [6.45, 7) is 7.21. The number of hydrogen-bond acceptors (Lipinski definition) is 5. The molecule has 2 rings (SSSR count). The Labute approximate surface area is 183 Å². The van der Waals surface area contributed by atoms with Crippen molar-refractivity contribution in [1.82, 2.24) is 5.32 Å². The summed E-state index contributed by atoms with van der Waals surface area (Å²) >= 11 is 0. The Bertz CT molecular complexity index is 1050. The van der Waals surface area contributed by atoms with Gasteiger partial charge in [0.2, 0.25) is 15.9 Å². The van der Waals surface area contributed by atoms with Gasteiger partial charge in [0.1, 0.15) is 6.54 Å². The molecule has 0 saturated carbocycles. The molecule has 1 atom stereocenters. The van der Waals surface area contributed by atoms with Crippen LogP contribution in [-0.2, 0) is 20.2 Å². The smallest absolute Gasteiger partial charge is 0.271 e. The van der Waals surface area contributed by atoms with Crippen LogP contribution in [0.25, 0.3) is 0 Å². The lowest BCUT2D eigenvalue weighted by Crippen LogP contribution is -2.44. The van der Waals surface area contributed by atoms with Crippen LogP contribution in [0.1, 0.15) is 38.3 Å². The van der Waals surface area contributed by atoms with E-state index in [-0.39, 0.29) is 22.8 Å². The van der Waals surface area contributed by atoms with E-state index in [4.69, 9.17) is 0 Å². The van der Waals surface area contributed by atoms with Gasteiger partial charge in [0.15, 0.2) is 0 Å². The highest BCUT2D eigenvalue weighted by Crippen LogP contribution is 2.29. The van der Waals surface area contributed by atoms with E-state index < -0.39 is 27.4 Å². The summed E-state index contributed by atoms with van der Waals surface area (Å²) in [6, 6.07) is 13.7. The number of carbonyl (C=O) groups excluding carboxylic acids is 1. The second kappa shape index (κ2) is 9.47. The van der Waals surface area contributed by atoms with E-state index in [9.17, 15) is 23.3 Å². The van der Waals surface area contributed by atoms with Gasteiger partial charge in [-0.05, 0) is 36.8 Å². The van der Waals surface area contributed by atoms with E-state index in [1.807, 2.05) is 37.3 Å². The van der Waals surface area contributed by atoms with Gasteiger partial charge in [-0.25, -0.2) is 8.42 Å². The number of nitrogens with zero attached hydrogens (tertiary/aromatic N) is 2. The number of benzene rings is 2. The third-order valence-corrected chi connectivity index (χ3v) is 6.27. The van der Waals surface area contributed by atoms with Crippen molar-refractivity contribution in [2.45, 2.75) is 45.6 Å². The topological polar surface area (TPSA) is 110 Å². The summed E-state index contributed by atoms with van der Waals surface area (Å²) in [6.07, 6.45) is 1.62. The monoisotopic (exact) mass is 447 g/mol. The number of nitro groups is 1. The highest BCUT2D eigenvalue weighted by molar-refractivity contribution is 7.92. The molecule has 168 valence electrons. The van der Waals surface area contributed by atoms with E-state index in [0.717, 1.165) is 16.1 Å². The summed E-state index contributed by atoms with van der Waals surface area (Å²) < 4.78 is 25.7. The molecule has 31 heavy (non-hydrogen) atoms. The van der Waals surface area contributed by atoms with E-state index in [1.54, 1.807) is 6.92 Å². The maximum Gasteiger partial charge on any atom is 0.271 e. The summed E-state index contributed by atoms with van der Waals surface area (Å²) in [4.78, 5) is 23.2. The highest BCUT2D eigenvalue weighted by atomic mass is 32.2. The number of anilines is 1. The predicted molar refractivity (Wildman–Crippen MR) is 122 cm³/mol.